The van der Waals surface area contributed by atoms with Crippen molar-refractivity contribution in [3.63, 3.8) is 0 Å². The van der Waals surface area contributed by atoms with Crippen molar-refractivity contribution >= 4 is 11.8 Å². The number of aromatic nitrogens is 2. The van der Waals surface area contributed by atoms with Crippen molar-refractivity contribution < 1.29 is 4.74 Å². The molecule has 0 atom stereocenters. The van der Waals surface area contributed by atoms with Crippen molar-refractivity contribution in [3.8, 4) is 0 Å². The highest BCUT2D eigenvalue weighted by atomic mass is 16.5. The third kappa shape index (κ3) is 2.85. The van der Waals surface area contributed by atoms with Gasteiger partial charge in [0.2, 0.25) is 5.95 Å². The Morgan fingerprint density at radius 3 is 2.53 bits per heavy atom. The summed E-state index contributed by atoms with van der Waals surface area (Å²) in [6.45, 7) is 5.80. The van der Waals surface area contributed by atoms with Crippen LogP contribution in [0, 0.1) is 0 Å². The van der Waals surface area contributed by atoms with Gasteiger partial charge in [-0.25, -0.2) is 4.98 Å². The van der Waals surface area contributed by atoms with Crippen LogP contribution in [-0.4, -0.2) is 43.3 Å². The molecule has 5 nitrogen and oxygen atoms in total. The van der Waals surface area contributed by atoms with Crippen molar-refractivity contribution in [2.45, 2.75) is 25.8 Å². The molecule has 0 saturated carbocycles. The zero-order valence-electron chi connectivity index (χ0n) is 10.9. The predicted molar refractivity (Wildman–Crippen MR) is 68.7 cm³/mol. The van der Waals surface area contributed by atoms with Crippen LogP contribution in [0.25, 0.3) is 0 Å². The molecule has 0 aliphatic carbocycles. The molecule has 2 rings (SSSR count). The summed E-state index contributed by atoms with van der Waals surface area (Å²) >= 11 is 0. The summed E-state index contributed by atoms with van der Waals surface area (Å²) in [7, 11) is 3.91. The van der Waals surface area contributed by atoms with E-state index in [0.29, 0.717) is 12.0 Å². The molecule has 1 N–H and O–H groups in total. The van der Waals surface area contributed by atoms with Crippen LogP contribution < -0.4 is 10.2 Å². The Morgan fingerprint density at radius 1 is 1.35 bits per heavy atom. The summed E-state index contributed by atoms with van der Waals surface area (Å²) in [6, 6.07) is 2.41. The van der Waals surface area contributed by atoms with Gasteiger partial charge in [0.15, 0.2) is 0 Å². The average molecular weight is 236 g/mol. The van der Waals surface area contributed by atoms with Gasteiger partial charge in [-0.15, -0.1) is 0 Å². The monoisotopic (exact) mass is 236 g/mol. The molecule has 1 aliphatic heterocycles. The lowest BCUT2D eigenvalue weighted by Crippen LogP contribution is -2.40. The first-order valence-corrected chi connectivity index (χ1v) is 5.97. The summed E-state index contributed by atoms with van der Waals surface area (Å²) in [4.78, 5) is 10.9. The van der Waals surface area contributed by atoms with Gasteiger partial charge >= 0.3 is 0 Å². The molecule has 1 aromatic rings. The fourth-order valence-corrected chi connectivity index (χ4v) is 1.55. The number of nitrogens with zero attached hydrogens (tertiary/aromatic N) is 3. The van der Waals surface area contributed by atoms with Crippen LogP contribution in [0.1, 0.15) is 25.5 Å². The van der Waals surface area contributed by atoms with Crippen molar-refractivity contribution in [3.05, 3.63) is 11.8 Å². The Hall–Kier alpha value is -1.36. The lowest BCUT2D eigenvalue weighted by atomic mass is 10.1. The van der Waals surface area contributed by atoms with Crippen LogP contribution in [-0.2, 0) is 4.74 Å². The molecule has 0 bridgehead atoms. The van der Waals surface area contributed by atoms with Crippen LogP contribution in [0.3, 0.4) is 0 Å². The van der Waals surface area contributed by atoms with Crippen LogP contribution in [0.15, 0.2) is 6.07 Å². The zero-order valence-corrected chi connectivity index (χ0v) is 10.9. The van der Waals surface area contributed by atoms with E-state index in [1.165, 1.54) is 0 Å². The largest absolute Gasteiger partial charge is 0.377 e. The molecule has 1 fully saturated rings. The van der Waals surface area contributed by atoms with E-state index >= 15 is 0 Å². The Morgan fingerprint density at radius 2 is 2.06 bits per heavy atom. The van der Waals surface area contributed by atoms with E-state index in [9.17, 15) is 0 Å². The van der Waals surface area contributed by atoms with Gasteiger partial charge < -0.3 is 15.0 Å². The molecule has 94 valence electrons. The molecule has 1 aromatic heterocycles. The van der Waals surface area contributed by atoms with Gasteiger partial charge in [-0.2, -0.15) is 4.98 Å². The second-order valence-corrected chi connectivity index (χ2v) is 4.91. The Labute approximate surface area is 102 Å². The third-order valence-corrected chi connectivity index (χ3v) is 2.72. The lowest BCUT2D eigenvalue weighted by molar-refractivity contribution is 0.0209. The second-order valence-electron chi connectivity index (χ2n) is 4.91. The number of anilines is 2. The smallest absolute Gasteiger partial charge is 0.227 e. The fraction of sp³-hybridized carbons (Fsp3) is 0.667. The minimum absolute atomic E-state index is 0.389. The summed E-state index contributed by atoms with van der Waals surface area (Å²) in [6.07, 6.45) is 0. The lowest BCUT2D eigenvalue weighted by Gasteiger charge is -2.28. The summed E-state index contributed by atoms with van der Waals surface area (Å²) in [5.74, 6) is 2.04. The molecule has 1 saturated heterocycles. The van der Waals surface area contributed by atoms with Crippen molar-refractivity contribution in [2.24, 2.45) is 0 Å². The van der Waals surface area contributed by atoms with Crippen LogP contribution in [0.4, 0.5) is 11.8 Å². The number of nitrogens with one attached hydrogen (secondary N) is 1. The average Bonchev–Trinajstić information content (AvgIpc) is 2.23. The van der Waals surface area contributed by atoms with Crippen molar-refractivity contribution in [1.29, 1.82) is 0 Å². The van der Waals surface area contributed by atoms with Gasteiger partial charge in [0.25, 0.3) is 0 Å². The Kier molecular flexibility index (Phi) is 3.47. The van der Waals surface area contributed by atoms with Crippen molar-refractivity contribution in [1.82, 2.24) is 9.97 Å². The highest BCUT2D eigenvalue weighted by molar-refractivity contribution is 5.44. The molecule has 2 heterocycles. The van der Waals surface area contributed by atoms with Gasteiger partial charge in [0, 0.05) is 20.2 Å². The first-order valence-electron chi connectivity index (χ1n) is 5.97. The van der Waals surface area contributed by atoms with Gasteiger partial charge in [-0.05, 0) is 5.92 Å². The maximum atomic E-state index is 5.15. The summed E-state index contributed by atoms with van der Waals surface area (Å²) in [5, 5.41) is 3.37. The van der Waals surface area contributed by atoms with E-state index in [-0.39, 0.29) is 0 Å². The van der Waals surface area contributed by atoms with Gasteiger partial charge in [0.05, 0.1) is 24.9 Å². The first kappa shape index (κ1) is 12.1. The van der Waals surface area contributed by atoms with Gasteiger partial charge in [-0.3, -0.25) is 0 Å². The van der Waals surface area contributed by atoms with E-state index in [4.69, 9.17) is 4.74 Å². The highest BCUT2D eigenvalue weighted by Crippen LogP contribution is 2.20. The third-order valence-electron chi connectivity index (χ3n) is 2.72. The highest BCUT2D eigenvalue weighted by Gasteiger charge is 2.19. The minimum atomic E-state index is 0.389. The normalized spacial score (nSPS) is 15.8. The van der Waals surface area contributed by atoms with Gasteiger partial charge in [-0.1, -0.05) is 13.8 Å². The topological polar surface area (TPSA) is 50.3 Å². The van der Waals surface area contributed by atoms with Crippen LogP contribution in [0.5, 0.6) is 0 Å². The van der Waals surface area contributed by atoms with Crippen LogP contribution in [0.2, 0.25) is 0 Å². The molecule has 0 unspecified atom stereocenters. The number of rotatable bonds is 4. The summed E-state index contributed by atoms with van der Waals surface area (Å²) < 4.78 is 5.15. The molecule has 0 aromatic carbocycles. The van der Waals surface area contributed by atoms with Gasteiger partial charge in [0.1, 0.15) is 5.82 Å². The molecule has 1 aliphatic rings. The fourth-order valence-electron chi connectivity index (χ4n) is 1.55. The predicted octanol–water partition coefficient (Wildman–Crippen LogP) is 1.48. The van der Waals surface area contributed by atoms with E-state index in [0.717, 1.165) is 30.7 Å². The summed E-state index contributed by atoms with van der Waals surface area (Å²) in [5.41, 5.74) is 1.06. The number of ether oxygens (including phenoxy) is 1. The number of hydrogen-bond acceptors (Lipinski definition) is 5. The molecule has 0 spiro atoms. The number of hydrogen-bond donors (Lipinski definition) is 1. The molecule has 0 radical (unpaired) electrons. The van der Waals surface area contributed by atoms with E-state index in [2.05, 4.69) is 29.1 Å². The van der Waals surface area contributed by atoms with Crippen molar-refractivity contribution in [2.75, 3.05) is 37.5 Å². The standard InChI is InChI=1S/C12H20N4O/c1-8(2)10-5-11(13-9-6-17-7-9)15-12(14-10)16(3)4/h5,8-9H,6-7H2,1-4H3,(H,13,14,15). The van der Waals surface area contributed by atoms with E-state index in [1.807, 2.05) is 25.1 Å². The molecule has 5 heteroatoms. The molecule has 0 amide bonds. The minimum Gasteiger partial charge on any atom is -0.377 e. The van der Waals surface area contributed by atoms with E-state index < -0.39 is 0 Å². The zero-order chi connectivity index (χ0) is 12.4. The van der Waals surface area contributed by atoms with Crippen LogP contribution >= 0.6 is 0 Å². The maximum absolute atomic E-state index is 5.15. The van der Waals surface area contributed by atoms with E-state index in [1.54, 1.807) is 0 Å². The second kappa shape index (κ2) is 4.87. The molecular weight excluding hydrogens is 216 g/mol. The maximum Gasteiger partial charge on any atom is 0.227 e. The molecule has 17 heavy (non-hydrogen) atoms. The Bertz CT molecular complexity index is 362. The molecular formula is C12H20N4O. The first-order chi connectivity index (χ1) is 8.06. The SMILES string of the molecule is CC(C)c1cc(NC2COC2)nc(N(C)C)n1. The Balaban J connectivity index is 2.23. The quantitative estimate of drug-likeness (QED) is 0.858.